The number of piperidine rings is 1. The summed E-state index contributed by atoms with van der Waals surface area (Å²) in [4.78, 5) is 2.39. The fraction of sp³-hybridized carbons (Fsp3) is 0.400. The third-order valence-corrected chi connectivity index (χ3v) is 4.84. The average Bonchev–Trinajstić information content (AvgIpc) is 2.64. The molecule has 0 spiro atoms. The van der Waals surface area contributed by atoms with Gasteiger partial charge in [0.2, 0.25) is 0 Å². The lowest BCUT2D eigenvalue weighted by Gasteiger charge is -2.39. The maximum atomic E-state index is 11.2. The van der Waals surface area contributed by atoms with Crippen molar-refractivity contribution in [1.29, 1.82) is 0 Å². The van der Waals surface area contributed by atoms with Crippen LogP contribution in [0.1, 0.15) is 24.0 Å². The molecule has 3 rings (SSSR count). The van der Waals surface area contributed by atoms with Gasteiger partial charge in [0.25, 0.3) is 0 Å². The minimum Gasteiger partial charge on any atom is -0.497 e. The Kier molecular flexibility index (Phi) is 5.07. The predicted octanol–water partition coefficient (Wildman–Crippen LogP) is 3.19. The second-order valence-electron chi connectivity index (χ2n) is 6.36. The van der Waals surface area contributed by atoms with Crippen molar-refractivity contribution in [2.75, 3.05) is 27.3 Å². The molecular formula is C20H25NO3. The van der Waals surface area contributed by atoms with Crippen LogP contribution in [0.4, 0.5) is 0 Å². The van der Waals surface area contributed by atoms with Gasteiger partial charge in [0.1, 0.15) is 11.5 Å². The monoisotopic (exact) mass is 327 g/mol. The molecular weight excluding hydrogens is 302 g/mol. The Morgan fingerprint density at radius 1 is 1.00 bits per heavy atom. The highest BCUT2D eigenvalue weighted by Crippen LogP contribution is 2.40. The molecule has 0 atom stereocenters. The quantitative estimate of drug-likeness (QED) is 0.916. The molecule has 0 aliphatic carbocycles. The van der Waals surface area contributed by atoms with E-state index in [0.29, 0.717) is 12.8 Å². The van der Waals surface area contributed by atoms with Gasteiger partial charge in [0.15, 0.2) is 0 Å². The number of ether oxygens (including phenoxy) is 2. The van der Waals surface area contributed by atoms with Crippen LogP contribution < -0.4 is 9.47 Å². The zero-order valence-electron chi connectivity index (χ0n) is 14.4. The van der Waals surface area contributed by atoms with Gasteiger partial charge in [-0.05, 0) is 36.6 Å². The van der Waals surface area contributed by atoms with Gasteiger partial charge >= 0.3 is 0 Å². The first-order valence-corrected chi connectivity index (χ1v) is 8.36. The van der Waals surface area contributed by atoms with Crippen LogP contribution in [0.25, 0.3) is 0 Å². The molecule has 2 aromatic carbocycles. The number of likely N-dealkylation sites (tertiary alicyclic amines) is 1. The van der Waals surface area contributed by atoms with Crippen LogP contribution >= 0.6 is 0 Å². The molecule has 2 aromatic rings. The Morgan fingerprint density at radius 3 is 2.33 bits per heavy atom. The highest BCUT2D eigenvalue weighted by molar-refractivity contribution is 5.44. The van der Waals surface area contributed by atoms with Gasteiger partial charge in [-0.25, -0.2) is 0 Å². The van der Waals surface area contributed by atoms with Crippen molar-refractivity contribution in [1.82, 2.24) is 4.90 Å². The number of benzene rings is 2. The summed E-state index contributed by atoms with van der Waals surface area (Å²) in [7, 11) is 3.28. The van der Waals surface area contributed by atoms with Crippen LogP contribution in [0, 0.1) is 0 Å². The van der Waals surface area contributed by atoms with E-state index in [4.69, 9.17) is 9.47 Å². The molecule has 0 bridgehead atoms. The summed E-state index contributed by atoms with van der Waals surface area (Å²) in [5.74, 6) is 1.46. The van der Waals surface area contributed by atoms with Crippen LogP contribution in [0.2, 0.25) is 0 Å². The van der Waals surface area contributed by atoms with Gasteiger partial charge in [0.05, 0.1) is 19.8 Å². The Labute approximate surface area is 143 Å². The van der Waals surface area contributed by atoms with Crippen molar-refractivity contribution in [3.8, 4) is 11.5 Å². The lowest BCUT2D eigenvalue weighted by molar-refractivity contribution is -0.0293. The summed E-state index contributed by atoms with van der Waals surface area (Å²) in [6, 6.07) is 16.1. The van der Waals surface area contributed by atoms with Crippen LogP contribution in [-0.4, -0.2) is 37.3 Å². The lowest BCUT2D eigenvalue weighted by atomic mass is 9.83. The SMILES string of the molecule is COc1ccc(OC)c(C2(O)CCN(Cc3ccccc3)CC2)c1. The van der Waals surface area contributed by atoms with Crippen LogP contribution in [0.3, 0.4) is 0 Å². The third kappa shape index (κ3) is 3.55. The summed E-state index contributed by atoms with van der Waals surface area (Å²) in [6.45, 7) is 2.63. The Balaban J connectivity index is 1.72. The molecule has 1 N–H and O–H groups in total. The van der Waals surface area contributed by atoms with E-state index in [1.807, 2.05) is 24.3 Å². The fourth-order valence-electron chi connectivity index (χ4n) is 3.37. The molecule has 0 amide bonds. The van der Waals surface area contributed by atoms with E-state index in [0.717, 1.165) is 36.7 Å². The molecule has 1 fully saturated rings. The number of hydrogen-bond acceptors (Lipinski definition) is 4. The zero-order chi connectivity index (χ0) is 17.0. The number of nitrogens with zero attached hydrogens (tertiary/aromatic N) is 1. The van der Waals surface area contributed by atoms with E-state index in [-0.39, 0.29) is 0 Å². The van der Waals surface area contributed by atoms with Crippen molar-refractivity contribution in [2.45, 2.75) is 25.0 Å². The predicted molar refractivity (Wildman–Crippen MR) is 94.4 cm³/mol. The fourth-order valence-corrected chi connectivity index (χ4v) is 3.37. The number of aliphatic hydroxyl groups is 1. The number of methoxy groups -OCH3 is 2. The molecule has 0 aromatic heterocycles. The summed E-state index contributed by atoms with van der Waals surface area (Å²) in [6.07, 6.45) is 1.37. The summed E-state index contributed by atoms with van der Waals surface area (Å²) in [5, 5.41) is 11.2. The van der Waals surface area contributed by atoms with E-state index in [1.54, 1.807) is 14.2 Å². The smallest absolute Gasteiger partial charge is 0.125 e. The van der Waals surface area contributed by atoms with Gasteiger partial charge in [-0.2, -0.15) is 0 Å². The second-order valence-corrected chi connectivity index (χ2v) is 6.36. The molecule has 0 saturated carbocycles. The summed E-state index contributed by atoms with van der Waals surface area (Å²) >= 11 is 0. The van der Waals surface area contributed by atoms with Gasteiger partial charge in [0, 0.05) is 25.2 Å². The molecule has 4 nitrogen and oxygen atoms in total. The van der Waals surface area contributed by atoms with Crippen molar-refractivity contribution >= 4 is 0 Å². The standard InChI is InChI=1S/C20H25NO3/c1-23-17-8-9-19(24-2)18(14-17)20(22)10-12-21(13-11-20)15-16-6-4-3-5-7-16/h3-9,14,22H,10-13,15H2,1-2H3. The highest BCUT2D eigenvalue weighted by Gasteiger charge is 2.36. The van der Waals surface area contributed by atoms with Crippen molar-refractivity contribution in [3.05, 3.63) is 59.7 Å². The summed E-state index contributed by atoms with van der Waals surface area (Å²) < 4.78 is 10.8. The van der Waals surface area contributed by atoms with Gasteiger partial charge in [-0.1, -0.05) is 30.3 Å². The molecule has 0 radical (unpaired) electrons. The first-order chi connectivity index (χ1) is 11.6. The third-order valence-electron chi connectivity index (χ3n) is 4.84. The Bertz CT molecular complexity index is 664. The van der Waals surface area contributed by atoms with E-state index in [9.17, 15) is 5.11 Å². The van der Waals surface area contributed by atoms with Gasteiger partial charge < -0.3 is 14.6 Å². The molecule has 1 aliphatic rings. The molecule has 1 aliphatic heterocycles. The largest absolute Gasteiger partial charge is 0.497 e. The maximum Gasteiger partial charge on any atom is 0.125 e. The highest BCUT2D eigenvalue weighted by atomic mass is 16.5. The molecule has 1 heterocycles. The van der Waals surface area contributed by atoms with Crippen molar-refractivity contribution in [3.63, 3.8) is 0 Å². The van der Waals surface area contributed by atoms with Crippen LogP contribution in [-0.2, 0) is 12.1 Å². The van der Waals surface area contributed by atoms with Crippen molar-refractivity contribution < 1.29 is 14.6 Å². The van der Waals surface area contributed by atoms with Gasteiger partial charge in [-0.15, -0.1) is 0 Å². The minimum atomic E-state index is -0.868. The molecule has 4 heteroatoms. The molecule has 128 valence electrons. The molecule has 1 saturated heterocycles. The minimum absolute atomic E-state index is 0.684. The first kappa shape index (κ1) is 16.8. The van der Waals surface area contributed by atoms with Gasteiger partial charge in [-0.3, -0.25) is 4.90 Å². The summed E-state index contributed by atoms with van der Waals surface area (Å²) in [5.41, 5.74) is 1.26. The average molecular weight is 327 g/mol. The number of rotatable bonds is 5. The van der Waals surface area contributed by atoms with Crippen LogP contribution in [0.5, 0.6) is 11.5 Å². The second kappa shape index (κ2) is 7.24. The first-order valence-electron chi connectivity index (χ1n) is 8.36. The molecule has 0 unspecified atom stereocenters. The van der Waals surface area contributed by atoms with Crippen molar-refractivity contribution in [2.24, 2.45) is 0 Å². The van der Waals surface area contributed by atoms with E-state index in [2.05, 4.69) is 29.2 Å². The zero-order valence-corrected chi connectivity index (χ0v) is 14.4. The lowest BCUT2D eigenvalue weighted by Crippen LogP contribution is -2.42. The normalized spacial score (nSPS) is 17.5. The topological polar surface area (TPSA) is 41.9 Å². The Morgan fingerprint density at radius 2 is 1.71 bits per heavy atom. The van der Waals surface area contributed by atoms with E-state index >= 15 is 0 Å². The van der Waals surface area contributed by atoms with E-state index in [1.165, 1.54) is 5.56 Å². The van der Waals surface area contributed by atoms with E-state index < -0.39 is 5.60 Å². The van der Waals surface area contributed by atoms with Crippen LogP contribution in [0.15, 0.2) is 48.5 Å². The Hall–Kier alpha value is -2.04. The maximum absolute atomic E-state index is 11.2. The number of hydrogen-bond donors (Lipinski definition) is 1. The molecule has 24 heavy (non-hydrogen) atoms.